The number of rotatable bonds is 3. The van der Waals surface area contributed by atoms with Gasteiger partial charge in [-0.25, -0.2) is 0 Å². The minimum atomic E-state index is -1.21. The molecule has 0 aliphatic carbocycles. The molecule has 4 heteroatoms. The minimum absolute atomic E-state index is 0.477. The lowest BCUT2D eigenvalue weighted by atomic mass is 9.88. The Morgan fingerprint density at radius 1 is 1.05 bits per heavy atom. The first-order valence-electron chi connectivity index (χ1n) is 5.77. The summed E-state index contributed by atoms with van der Waals surface area (Å²) >= 11 is 12.1. The molecular formula is C15H14Cl2O2. The van der Waals surface area contributed by atoms with E-state index in [0.717, 1.165) is 11.3 Å². The minimum Gasteiger partial charge on any atom is -0.497 e. The molecule has 0 fully saturated rings. The highest BCUT2D eigenvalue weighted by Crippen LogP contribution is 2.36. The highest BCUT2D eigenvalue weighted by molar-refractivity contribution is 6.33. The topological polar surface area (TPSA) is 29.5 Å². The number of ether oxygens (including phenoxy) is 1. The quantitative estimate of drug-likeness (QED) is 0.917. The van der Waals surface area contributed by atoms with Crippen molar-refractivity contribution in [2.75, 3.05) is 7.11 Å². The largest absolute Gasteiger partial charge is 0.497 e. The Bertz CT molecular complexity index is 577. The molecule has 0 aromatic heterocycles. The van der Waals surface area contributed by atoms with E-state index in [1.807, 2.05) is 0 Å². The molecule has 100 valence electrons. The van der Waals surface area contributed by atoms with Gasteiger partial charge in [-0.2, -0.15) is 0 Å². The summed E-state index contributed by atoms with van der Waals surface area (Å²) < 4.78 is 5.10. The maximum atomic E-state index is 10.7. The van der Waals surface area contributed by atoms with Gasteiger partial charge in [0, 0.05) is 15.6 Å². The molecule has 0 aliphatic heterocycles. The summed E-state index contributed by atoms with van der Waals surface area (Å²) in [5, 5.41) is 11.8. The fraction of sp³-hybridized carbons (Fsp3) is 0.200. The Hall–Kier alpha value is -1.22. The monoisotopic (exact) mass is 296 g/mol. The lowest BCUT2D eigenvalue weighted by molar-refractivity contribution is 0.102. The van der Waals surface area contributed by atoms with Crippen LogP contribution in [0.2, 0.25) is 10.0 Å². The average Bonchev–Trinajstić information content (AvgIpc) is 2.41. The van der Waals surface area contributed by atoms with Crippen LogP contribution in [0.1, 0.15) is 18.1 Å². The Morgan fingerprint density at radius 2 is 1.68 bits per heavy atom. The molecule has 0 saturated heterocycles. The van der Waals surface area contributed by atoms with Crippen molar-refractivity contribution in [3.8, 4) is 5.75 Å². The average molecular weight is 297 g/mol. The van der Waals surface area contributed by atoms with E-state index >= 15 is 0 Å². The molecule has 19 heavy (non-hydrogen) atoms. The zero-order chi connectivity index (χ0) is 14.0. The van der Waals surface area contributed by atoms with E-state index in [-0.39, 0.29) is 0 Å². The number of methoxy groups -OCH3 is 1. The van der Waals surface area contributed by atoms with Gasteiger partial charge >= 0.3 is 0 Å². The molecule has 2 rings (SSSR count). The zero-order valence-corrected chi connectivity index (χ0v) is 12.2. The van der Waals surface area contributed by atoms with Crippen molar-refractivity contribution >= 4 is 23.2 Å². The highest BCUT2D eigenvalue weighted by Gasteiger charge is 2.28. The van der Waals surface area contributed by atoms with Crippen molar-refractivity contribution in [2.45, 2.75) is 12.5 Å². The summed E-state index contributed by atoms with van der Waals surface area (Å²) in [7, 11) is 1.60. The van der Waals surface area contributed by atoms with Gasteiger partial charge in [-0.3, -0.25) is 0 Å². The fourth-order valence-corrected chi connectivity index (χ4v) is 2.42. The lowest BCUT2D eigenvalue weighted by Gasteiger charge is -2.26. The molecule has 2 aromatic rings. The molecule has 1 atom stereocenters. The maximum Gasteiger partial charge on any atom is 0.118 e. The number of halogens is 2. The molecule has 1 N–H and O–H groups in total. The van der Waals surface area contributed by atoms with Crippen LogP contribution in [-0.2, 0) is 5.60 Å². The number of benzene rings is 2. The molecule has 2 nitrogen and oxygen atoms in total. The first-order valence-corrected chi connectivity index (χ1v) is 6.53. The highest BCUT2D eigenvalue weighted by atomic mass is 35.5. The smallest absolute Gasteiger partial charge is 0.118 e. The Kier molecular flexibility index (Phi) is 4.04. The molecular weight excluding hydrogens is 283 g/mol. The van der Waals surface area contributed by atoms with Gasteiger partial charge in [0.1, 0.15) is 11.4 Å². The maximum absolute atomic E-state index is 10.7. The van der Waals surface area contributed by atoms with Crippen molar-refractivity contribution in [1.29, 1.82) is 0 Å². The summed E-state index contributed by atoms with van der Waals surface area (Å²) in [6.45, 7) is 1.69. The second-order valence-corrected chi connectivity index (χ2v) is 5.27. The van der Waals surface area contributed by atoms with E-state index in [1.54, 1.807) is 56.5 Å². The summed E-state index contributed by atoms with van der Waals surface area (Å²) in [6, 6.07) is 12.2. The van der Waals surface area contributed by atoms with Crippen LogP contribution >= 0.6 is 23.2 Å². The number of hydrogen-bond acceptors (Lipinski definition) is 2. The summed E-state index contributed by atoms with van der Waals surface area (Å²) in [5.74, 6) is 0.733. The molecule has 0 aliphatic rings. The van der Waals surface area contributed by atoms with Crippen LogP contribution in [0.15, 0.2) is 42.5 Å². The third kappa shape index (κ3) is 2.86. The first kappa shape index (κ1) is 14.2. The third-order valence-electron chi connectivity index (χ3n) is 3.10. The van der Waals surface area contributed by atoms with Crippen LogP contribution in [0.3, 0.4) is 0 Å². The van der Waals surface area contributed by atoms with E-state index in [9.17, 15) is 5.11 Å². The van der Waals surface area contributed by atoms with Crippen LogP contribution in [0.4, 0.5) is 0 Å². The Morgan fingerprint density at radius 3 is 2.26 bits per heavy atom. The Labute approximate surface area is 122 Å². The molecule has 0 radical (unpaired) electrons. The number of hydrogen-bond donors (Lipinski definition) is 1. The second kappa shape index (κ2) is 5.41. The molecule has 0 saturated carbocycles. The molecule has 2 aromatic carbocycles. The van der Waals surface area contributed by atoms with Gasteiger partial charge in [0.15, 0.2) is 0 Å². The van der Waals surface area contributed by atoms with E-state index in [2.05, 4.69) is 0 Å². The summed E-state index contributed by atoms with van der Waals surface area (Å²) in [6.07, 6.45) is 0. The van der Waals surface area contributed by atoms with E-state index in [1.165, 1.54) is 0 Å². The van der Waals surface area contributed by atoms with Gasteiger partial charge < -0.3 is 9.84 Å². The molecule has 0 spiro atoms. The van der Waals surface area contributed by atoms with Crippen LogP contribution in [-0.4, -0.2) is 12.2 Å². The molecule has 0 amide bonds. The van der Waals surface area contributed by atoms with Crippen molar-refractivity contribution in [1.82, 2.24) is 0 Å². The SMILES string of the molecule is COc1ccc(C(C)(O)c2cc(Cl)ccc2Cl)cc1. The van der Waals surface area contributed by atoms with Crippen molar-refractivity contribution in [3.63, 3.8) is 0 Å². The van der Waals surface area contributed by atoms with Crippen LogP contribution < -0.4 is 4.74 Å². The summed E-state index contributed by atoms with van der Waals surface area (Å²) in [5.41, 5.74) is 0.0816. The van der Waals surface area contributed by atoms with E-state index < -0.39 is 5.60 Å². The van der Waals surface area contributed by atoms with Crippen molar-refractivity contribution in [3.05, 3.63) is 63.6 Å². The number of aliphatic hydroxyl groups is 1. The zero-order valence-electron chi connectivity index (χ0n) is 10.7. The van der Waals surface area contributed by atoms with Gasteiger partial charge in [-0.05, 0) is 42.8 Å². The van der Waals surface area contributed by atoms with E-state index in [0.29, 0.717) is 15.6 Å². The predicted octanol–water partition coefficient (Wildman–Crippen LogP) is 4.26. The fourth-order valence-electron chi connectivity index (χ4n) is 1.94. The van der Waals surface area contributed by atoms with Gasteiger partial charge in [-0.15, -0.1) is 0 Å². The Balaban J connectivity index is 2.48. The normalized spacial score (nSPS) is 13.9. The molecule has 1 unspecified atom stereocenters. The van der Waals surface area contributed by atoms with Crippen LogP contribution in [0, 0.1) is 0 Å². The summed E-state index contributed by atoms with van der Waals surface area (Å²) in [4.78, 5) is 0. The standard InChI is InChI=1S/C15H14Cl2O2/c1-15(18,10-3-6-12(19-2)7-4-10)13-9-11(16)5-8-14(13)17/h3-9,18H,1-2H3. The predicted molar refractivity (Wildman–Crippen MR) is 78.1 cm³/mol. The lowest BCUT2D eigenvalue weighted by Crippen LogP contribution is -2.23. The second-order valence-electron chi connectivity index (χ2n) is 4.42. The van der Waals surface area contributed by atoms with Gasteiger partial charge in [0.05, 0.1) is 7.11 Å². The molecule has 0 heterocycles. The van der Waals surface area contributed by atoms with Crippen LogP contribution in [0.5, 0.6) is 5.75 Å². The van der Waals surface area contributed by atoms with Crippen LogP contribution in [0.25, 0.3) is 0 Å². The van der Waals surface area contributed by atoms with E-state index in [4.69, 9.17) is 27.9 Å². The first-order chi connectivity index (χ1) is 8.95. The molecule has 0 bridgehead atoms. The van der Waals surface area contributed by atoms with Gasteiger partial charge in [-0.1, -0.05) is 35.3 Å². The van der Waals surface area contributed by atoms with Gasteiger partial charge in [0.2, 0.25) is 0 Å². The van der Waals surface area contributed by atoms with Crippen molar-refractivity contribution in [2.24, 2.45) is 0 Å². The van der Waals surface area contributed by atoms with Crippen molar-refractivity contribution < 1.29 is 9.84 Å². The third-order valence-corrected chi connectivity index (χ3v) is 3.67. The van der Waals surface area contributed by atoms with Gasteiger partial charge in [0.25, 0.3) is 0 Å².